The van der Waals surface area contributed by atoms with Crippen LogP contribution in [0.2, 0.25) is 0 Å². The fourth-order valence-corrected chi connectivity index (χ4v) is 2.57. The Morgan fingerprint density at radius 2 is 1.92 bits per heavy atom. The van der Waals surface area contributed by atoms with Crippen molar-refractivity contribution >= 4 is 28.6 Å². The van der Waals surface area contributed by atoms with Crippen molar-refractivity contribution in [3.8, 4) is 5.75 Å². The molecule has 0 unspecified atom stereocenters. The lowest BCUT2D eigenvalue weighted by Crippen LogP contribution is -2.12. The molecule has 3 aromatic rings. The highest BCUT2D eigenvalue weighted by molar-refractivity contribution is 5.98. The molecule has 2 aromatic carbocycles. The summed E-state index contributed by atoms with van der Waals surface area (Å²) < 4.78 is 5.43. The van der Waals surface area contributed by atoms with E-state index in [1.807, 2.05) is 37.3 Å². The van der Waals surface area contributed by atoms with Gasteiger partial charge in [-0.1, -0.05) is 43.3 Å². The molecule has 0 saturated heterocycles. The lowest BCUT2D eigenvalue weighted by Gasteiger charge is -2.09. The van der Waals surface area contributed by atoms with Crippen LogP contribution in [0.1, 0.15) is 18.9 Å². The summed E-state index contributed by atoms with van der Waals surface area (Å²) in [6.45, 7) is 1.83. The second kappa shape index (κ2) is 7.57. The smallest absolute Gasteiger partial charge is 0.339 e. The van der Waals surface area contributed by atoms with Gasteiger partial charge in [-0.3, -0.25) is 15.1 Å². The van der Waals surface area contributed by atoms with E-state index in [9.17, 15) is 14.9 Å². The highest BCUT2D eigenvalue weighted by Crippen LogP contribution is 2.34. The van der Waals surface area contributed by atoms with Crippen molar-refractivity contribution < 1.29 is 14.5 Å². The Hall–Kier alpha value is -3.54. The number of ether oxygens (including phenoxy) is 1. The summed E-state index contributed by atoms with van der Waals surface area (Å²) in [4.78, 5) is 27.5. The van der Waals surface area contributed by atoms with Crippen molar-refractivity contribution in [2.45, 2.75) is 13.3 Å². The van der Waals surface area contributed by atoms with E-state index < -0.39 is 10.9 Å². The minimum atomic E-state index is -0.627. The number of benzene rings is 2. The predicted molar refractivity (Wildman–Crippen MR) is 98.7 cm³/mol. The monoisotopic (exact) mass is 348 g/mol. The van der Waals surface area contributed by atoms with Gasteiger partial charge in [-0.2, -0.15) is 0 Å². The minimum absolute atomic E-state index is 0.134. The molecule has 0 atom stereocenters. The van der Waals surface area contributed by atoms with Gasteiger partial charge in [0.15, 0.2) is 0 Å². The van der Waals surface area contributed by atoms with Crippen molar-refractivity contribution in [1.82, 2.24) is 4.98 Å². The highest BCUT2D eigenvalue weighted by atomic mass is 16.6. The van der Waals surface area contributed by atoms with Crippen LogP contribution >= 0.6 is 0 Å². The van der Waals surface area contributed by atoms with Crippen LogP contribution in [0.5, 0.6) is 5.75 Å². The molecule has 0 spiro atoms. The Morgan fingerprint density at radius 3 is 2.62 bits per heavy atom. The molecule has 0 radical (unpaired) electrons. The van der Waals surface area contributed by atoms with Crippen LogP contribution in [-0.4, -0.2) is 15.9 Å². The second-order valence-corrected chi connectivity index (χ2v) is 5.57. The Kier molecular flexibility index (Phi) is 5.03. The Balaban J connectivity index is 2.02. The van der Waals surface area contributed by atoms with Gasteiger partial charge in [0.2, 0.25) is 5.75 Å². The van der Waals surface area contributed by atoms with Crippen LogP contribution in [-0.2, 0) is 4.79 Å². The Labute approximate surface area is 149 Å². The van der Waals surface area contributed by atoms with Crippen molar-refractivity contribution in [3.05, 3.63) is 82.0 Å². The van der Waals surface area contributed by atoms with Gasteiger partial charge in [0.25, 0.3) is 0 Å². The van der Waals surface area contributed by atoms with Crippen LogP contribution < -0.4 is 4.74 Å². The zero-order valence-electron chi connectivity index (χ0n) is 14.1. The molecule has 0 bridgehead atoms. The molecule has 0 aliphatic rings. The summed E-state index contributed by atoms with van der Waals surface area (Å²) >= 11 is 0. The lowest BCUT2D eigenvalue weighted by molar-refractivity contribution is -0.385. The predicted octanol–water partition coefficient (Wildman–Crippen LogP) is 4.54. The van der Waals surface area contributed by atoms with Gasteiger partial charge in [-0.15, -0.1) is 0 Å². The van der Waals surface area contributed by atoms with E-state index in [0.29, 0.717) is 17.4 Å². The summed E-state index contributed by atoms with van der Waals surface area (Å²) in [7, 11) is 0. The van der Waals surface area contributed by atoms with Crippen LogP contribution in [0.15, 0.2) is 66.4 Å². The first-order valence-electron chi connectivity index (χ1n) is 8.10. The molecule has 6 heteroatoms. The van der Waals surface area contributed by atoms with Crippen molar-refractivity contribution in [1.29, 1.82) is 0 Å². The van der Waals surface area contributed by atoms with E-state index in [0.717, 1.165) is 5.56 Å². The third kappa shape index (κ3) is 3.59. The Bertz CT molecular complexity index is 997. The first-order chi connectivity index (χ1) is 12.6. The molecule has 0 aliphatic carbocycles. The number of nitro groups is 1. The number of aromatic nitrogens is 1. The zero-order chi connectivity index (χ0) is 18.5. The van der Waals surface area contributed by atoms with E-state index >= 15 is 0 Å². The molecule has 0 fully saturated rings. The van der Waals surface area contributed by atoms with Crippen LogP contribution in [0.25, 0.3) is 17.0 Å². The van der Waals surface area contributed by atoms with E-state index in [4.69, 9.17) is 4.74 Å². The summed E-state index contributed by atoms with van der Waals surface area (Å²) in [5.41, 5.74) is 1.26. The van der Waals surface area contributed by atoms with Gasteiger partial charge in [0.05, 0.1) is 4.92 Å². The molecule has 130 valence electrons. The second-order valence-electron chi connectivity index (χ2n) is 5.57. The molecule has 26 heavy (non-hydrogen) atoms. The number of pyridine rings is 1. The Morgan fingerprint density at radius 1 is 1.15 bits per heavy atom. The molecule has 0 saturated carbocycles. The highest BCUT2D eigenvalue weighted by Gasteiger charge is 2.23. The maximum Gasteiger partial charge on any atom is 0.339 e. The number of hydrogen-bond acceptors (Lipinski definition) is 5. The van der Waals surface area contributed by atoms with Crippen LogP contribution in [0, 0.1) is 10.1 Å². The maximum atomic E-state index is 12.6. The van der Waals surface area contributed by atoms with E-state index in [1.165, 1.54) is 12.3 Å². The number of carbonyl (C=O) groups excluding carboxylic acids is 1. The number of nitrogens with zero attached hydrogens (tertiary/aromatic N) is 2. The average Bonchev–Trinajstić information content (AvgIpc) is 2.66. The van der Waals surface area contributed by atoms with Crippen LogP contribution in [0.4, 0.5) is 5.69 Å². The molecule has 1 aromatic heterocycles. The minimum Gasteiger partial charge on any atom is -0.413 e. The first-order valence-corrected chi connectivity index (χ1v) is 8.10. The normalized spacial score (nSPS) is 11.3. The van der Waals surface area contributed by atoms with E-state index in [-0.39, 0.29) is 17.0 Å². The lowest BCUT2D eigenvalue weighted by atomic mass is 10.1. The van der Waals surface area contributed by atoms with Crippen molar-refractivity contribution in [3.63, 3.8) is 0 Å². The summed E-state index contributed by atoms with van der Waals surface area (Å²) in [5.74, 6) is -0.761. The van der Waals surface area contributed by atoms with Gasteiger partial charge in [0, 0.05) is 23.2 Å². The van der Waals surface area contributed by atoms with Gasteiger partial charge < -0.3 is 4.74 Å². The quantitative estimate of drug-likeness (QED) is 0.222. The standard InChI is InChI=1S/C20H16N2O4/c1-2-15(13-14-7-4-3-5-8-14)20(23)26-19-17(22(24)25)11-10-16-9-6-12-21-18(16)19/h3-13H,2H2,1H3/b15-13+. The largest absolute Gasteiger partial charge is 0.413 e. The molecule has 3 rings (SSSR count). The topological polar surface area (TPSA) is 82.3 Å². The fraction of sp³-hybridized carbons (Fsp3) is 0.100. The number of carbonyl (C=O) groups is 1. The first kappa shape index (κ1) is 17.3. The van der Waals surface area contributed by atoms with Crippen molar-refractivity contribution in [2.24, 2.45) is 0 Å². The van der Waals surface area contributed by atoms with Gasteiger partial charge in [-0.05, 0) is 30.2 Å². The number of rotatable bonds is 5. The average molecular weight is 348 g/mol. The van der Waals surface area contributed by atoms with Gasteiger partial charge >= 0.3 is 11.7 Å². The molecule has 1 heterocycles. The zero-order valence-corrected chi connectivity index (χ0v) is 14.1. The van der Waals surface area contributed by atoms with Gasteiger partial charge in [0.1, 0.15) is 5.52 Å². The summed E-state index contributed by atoms with van der Waals surface area (Å²) in [6, 6.07) is 15.7. The summed E-state index contributed by atoms with van der Waals surface area (Å²) in [5, 5.41) is 12.0. The fourth-order valence-electron chi connectivity index (χ4n) is 2.57. The number of esters is 1. The number of nitro benzene ring substituents is 1. The number of fused-ring (bicyclic) bond motifs is 1. The SMILES string of the molecule is CC/C(=C\c1ccccc1)C(=O)Oc1c([N+](=O)[O-])ccc2cccnc12. The summed E-state index contributed by atoms with van der Waals surface area (Å²) in [6.07, 6.45) is 3.65. The molecular formula is C20H16N2O4. The maximum absolute atomic E-state index is 12.6. The van der Waals surface area contributed by atoms with Crippen molar-refractivity contribution in [2.75, 3.05) is 0 Å². The van der Waals surface area contributed by atoms with E-state index in [2.05, 4.69) is 4.98 Å². The van der Waals surface area contributed by atoms with E-state index in [1.54, 1.807) is 24.3 Å². The molecular weight excluding hydrogens is 332 g/mol. The molecule has 0 N–H and O–H groups in total. The third-order valence-corrected chi connectivity index (χ3v) is 3.88. The number of hydrogen-bond donors (Lipinski definition) is 0. The van der Waals surface area contributed by atoms with Crippen LogP contribution in [0.3, 0.4) is 0 Å². The molecule has 0 amide bonds. The van der Waals surface area contributed by atoms with Gasteiger partial charge in [-0.25, -0.2) is 4.79 Å². The molecule has 6 nitrogen and oxygen atoms in total. The molecule has 0 aliphatic heterocycles. The third-order valence-electron chi connectivity index (χ3n) is 3.88.